The highest BCUT2D eigenvalue weighted by molar-refractivity contribution is 5.92. The molecule has 0 saturated heterocycles. The van der Waals surface area contributed by atoms with Crippen LogP contribution in [0, 0.1) is 0 Å². The molecule has 0 fully saturated rings. The van der Waals surface area contributed by atoms with E-state index < -0.39 is 0 Å². The summed E-state index contributed by atoms with van der Waals surface area (Å²) in [5.41, 5.74) is 9.97. The van der Waals surface area contributed by atoms with E-state index >= 15 is 0 Å². The van der Waals surface area contributed by atoms with E-state index in [9.17, 15) is 0 Å². The summed E-state index contributed by atoms with van der Waals surface area (Å²) in [6.45, 7) is 0. The molecule has 150 valence electrons. The fourth-order valence-corrected chi connectivity index (χ4v) is 5.13. The number of rotatable bonds is 1. The molecular formula is C26H17N6+. The van der Waals surface area contributed by atoms with Gasteiger partial charge in [0.15, 0.2) is 5.69 Å². The van der Waals surface area contributed by atoms with Crippen molar-refractivity contribution in [2.45, 2.75) is 0 Å². The predicted octanol–water partition coefficient (Wildman–Crippen LogP) is 4.61. The molecule has 0 bridgehead atoms. The van der Waals surface area contributed by atoms with Crippen molar-refractivity contribution >= 4 is 50.5 Å². The summed E-state index contributed by atoms with van der Waals surface area (Å²) in [4.78, 5) is 9.82. The van der Waals surface area contributed by atoms with Gasteiger partial charge in [0.1, 0.15) is 5.69 Å². The van der Waals surface area contributed by atoms with Gasteiger partial charge in [-0.05, 0) is 48.5 Å². The van der Waals surface area contributed by atoms with Crippen LogP contribution in [0.2, 0.25) is 0 Å². The molecule has 4 aromatic carbocycles. The summed E-state index contributed by atoms with van der Waals surface area (Å²) in [5.74, 6) is 1.90. The van der Waals surface area contributed by atoms with Crippen molar-refractivity contribution in [1.82, 2.24) is 23.5 Å². The smallest absolute Gasteiger partial charge is 0.278 e. The Morgan fingerprint density at radius 2 is 1.28 bits per heavy atom. The number of fused-ring (bicyclic) bond motifs is 10. The van der Waals surface area contributed by atoms with Crippen LogP contribution in [0.25, 0.3) is 50.3 Å². The molecule has 4 heterocycles. The van der Waals surface area contributed by atoms with Crippen LogP contribution in [-0.4, -0.2) is 23.5 Å². The molecule has 1 aliphatic rings. The average molecular weight is 413 g/mol. The molecule has 0 saturated carbocycles. The Kier molecular flexibility index (Phi) is 2.87. The van der Waals surface area contributed by atoms with E-state index in [0.29, 0.717) is 0 Å². The zero-order valence-electron chi connectivity index (χ0n) is 17.0. The first-order valence-corrected chi connectivity index (χ1v) is 10.7. The lowest BCUT2D eigenvalue weighted by atomic mass is 10.2. The van der Waals surface area contributed by atoms with Gasteiger partial charge in [-0.2, -0.15) is 4.98 Å². The topological polar surface area (TPSA) is 56.7 Å². The second-order valence-electron chi connectivity index (χ2n) is 8.24. The van der Waals surface area contributed by atoms with E-state index in [2.05, 4.69) is 97.7 Å². The summed E-state index contributed by atoms with van der Waals surface area (Å²) in [6.07, 6.45) is 0. The van der Waals surface area contributed by atoms with Gasteiger partial charge in [0, 0.05) is 6.07 Å². The van der Waals surface area contributed by atoms with Crippen molar-refractivity contribution < 1.29 is 5.32 Å². The average Bonchev–Trinajstić information content (AvgIpc) is 3.55. The number of quaternary nitrogens is 1. The lowest BCUT2D eigenvalue weighted by molar-refractivity contribution is -0.480. The van der Waals surface area contributed by atoms with Crippen LogP contribution in [0.3, 0.4) is 0 Å². The van der Waals surface area contributed by atoms with Gasteiger partial charge in [-0.3, -0.25) is 8.97 Å². The fourth-order valence-electron chi connectivity index (χ4n) is 5.13. The van der Waals surface area contributed by atoms with Gasteiger partial charge in [0.25, 0.3) is 0 Å². The van der Waals surface area contributed by atoms with Gasteiger partial charge in [0.05, 0.1) is 38.8 Å². The molecule has 0 unspecified atom stereocenters. The number of aromatic nitrogens is 5. The second-order valence-corrected chi connectivity index (χ2v) is 8.24. The van der Waals surface area contributed by atoms with Crippen LogP contribution in [0.4, 0.5) is 11.6 Å². The quantitative estimate of drug-likeness (QED) is 0.400. The van der Waals surface area contributed by atoms with Crippen molar-refractivity contribution in [1.29, 1.82) is 0 Å². The normalized spacial score (nSPS) is 12.9. The zero-order valence-corrected chi connectivity index (χ0v) is 17.0. The van der Waals surface area contributed by atoms with E-state index in [1.807, 2.05) is 12.1 Å². The van der Waals surface area contributed by atoms with Gasteiger partial charge in [-0.15, -0.1) is 0 Å². The first kappa shape index (κ1) is 16.3. The Morgan fingerprint density at radius 1 is 0.594 bits per heavy atom. The van der Waals surface area contributed by atoms with Gasteiger partial charge >= 0.3 is 5.95 Å². The first-order chi connectivity index (χ1) is 15.9. The summed E-state index contributed by atoms with van der Waals surface area (Å²) in [5, 5.41) is 2.16. The van der Waals surface area contributed by atoms with E-state index in [-0.39, 0.29) is 0 Å². The molecule has 6 nitrogen and oxygen atoms in total. The van der Waals surface area contributed by atoms with E-state index in [1.165, 1.54) is 5.69 Å². The van der Waals surface area contributed by atoms with Crippen molar-refractivity contribution in [3.8, 4) is 11.4 Å². The third-order valence-corrected chi connectivity index (χ3v) is 6.49. The SMILES string of the molecule is c1ccc2c(c1)nc1n2-c2cc(-n3c4ccccc4n4c5ccccc5nc34)ccc2[NH2+]1. The minimum absolute atomic E-state index is 0.921. The Morgan fingerprint density at radius 3 is 2.12 bits per heavy atom. The minimum atomic E-state index is 0.921. The van der Waals surface area contributed by atoms with Crippen LogP contribution in [0.1, 0.15) is 0 Å². The molecule has 0 spiro atoms. The third kappa shape index (κ3) is 1.93. The molecule has 8 rings (SSSR count). The lowest BCUT2D eigenvalue weighted by Gasteiger charge is -2.07. The maximum Gasteiger partial charge on any atom is 0.316 e. The number of imidazole rings is 3. The first-order valence-electron chi connectivity index (χ1n) is 10.7. The molecule has 0 amide bonds. The zero-order chi connectivity index (χ0) is 20.8. The Labute approximate surface area is 182 Å². The summed E-state index contributed by atoms with van der Waals surface area (Å²) in [7, 11) is 0. The molecule has 7 aromatic rings. The molecular weight excluding hydrogens is 396 g/mol. The number of benzene rings is 4. The maximum absolute atomic E-state index is 5.01. The Balaban J connectivity index is 1.47. The van der Waals surface area contributed by atoms with Gasteiger partial charge in [-0.25, -0.2) is 14.9 Å². The van der Waals surface area contributed by atoms with Crippen LogP contribution in [-0.2, 0) is 0 Å². The van der Waals surface area contributed by atoms with Gasteiger partial charge < -0.3 is 0 Å². The molecule has 0 atom stereocenters. The van der Waals surface area contributed by atoms with Crippen molar-refractivity contribution in [3.63, 3.8) is 0 Å². The predicted molar refractivity (Wildman–Crippen MR) is 125 cm³/mol. The number of para-hydroxylation sites is 6. The third-order valence-electron chi connectivity index (χ3n) is 6.49. The van der Waals surface area contributed by atoms with Crippen molar-refractivity contribution in [3.05, 3.63) is 91.0 Å². The van der Waals surface area contributed by atoms with Crippen LogP contribution in [0.5, 0.6) is 0 Å². The highest BCUT2D eigenvalue weighted by Gasteiger charge is 2.28. The summed E-state index contributed by atoms with van der Waals surface area (Å²) < 4.78 is 6.76. The van der Waals surface area contributed by atoms with Crippen molar-refractivity contribution in [2.75, 3.05) is 0 Å². The summed E-state index contributed by atoms with van der Waals surface area (Å²) in [6, 6.07) is 31.7. The van der Waals surface area contributed by atoms with Crippen LogP contribution in [0.15, 0.2) is 91.0 Å². The number of nitrogens with two attached hydrogens (primary N) is 1. The molecule has 1 aliphatic heterocycles. The van der Waals surface area contributed by atoms with E-state index in [0.717, 1.165) is 56.2 Å². The minimum Gasteiger partial charge on any atom is -0.278 e. The van der Waals surface area contributed by atoms with Gasteiger partial charge in [0.2, 0.25) is 5.78 Å². The fraction of sp³-hybridized carbons (Fsp3) is 0. The highest BCUT2D eigenvalue weighted by Crippen LogP contribution is 2.34. The largest absolute Gasteiger partial charge is 0.316 e. The molecule has 3 aromatic heterocycles. The number of hydrogen-bond donors (Lipinski definition) is 1. The highest BCUT2D eigenvalue weighted by atomic mass is 15.3. The molecule has 2 N–H and O–H groups in total. The van der Waals surface area contributed by atoms with Crippen LogP contribution >= 0.6 is 0 Å². The van der Waals surface area contributed by atoms with Gasteiger partial charge in [-0.1, -0.05) is 36.4 Å². The molecule has 0 aliphatic carbocycles. The molecule has 6 heteroatoms. The summed E-state index contributed by atoms with van der Waals surface area (Å²) >= 11 is 0. The van der Waals surface area contributed by atoms with E-state index in [4.69, 9.17) is 9.97 Å². The maximum atomic E-state index is 5.01. The number of hydrogen-bond acceptors (Lipinski definition) is 2. The molecule has 0 radical (unpaired) electrons. The Bertz CT molecular complexity index is 1870. The second kappa shape index (κ2) is 5.63. The molecule has 32 heavy (non-hydrogen) atoms. The van der Waals surface area contributed by atoms with E-state index in [1.54, 1.807) is 0 Å². The monoisotopic (exact) mass is 413 g/mol. The Hall–Kier alpha value is -4.42. The van der Waals surface area contributed by atoms with Crippen LogP contribution < -0.4 is 5.32 Å². The standard InChI is InChI=1S/C26H16N6/c1-3-9-20-17(7-1)27-25-28-19-14-13-16(15-24(19)31(20)25)30-22-11-5-6-12-23(22)32-21-10-4-2-8-18(21)29-26(30)32/h1-15H,(H,27,28)/p+1. The van der Waals surface area contributed by atoms with Crippen molar-refractivity contribution in [2.24, 2.45) is 0 Å². The number of nitrogens with zero attached hydrogens (tertiary/aromatic N) is 5. The lowest BCUT2D eigenvalue weighted by Crippen LogP contribution is -2.70.